The molecule has 150 valence electrons. The summed E-state index contributed by atoms with van der Waals surface area (Å²) in [6, 6.07) is 7.36. The van der Waals surface area contributed by atoms with Crippen molar-refractivity contribution in [1.82, 2.24) is 15.1 Å². The predicted octanol–water partition coefficient (Wildman–Crippen LogP) is 3.65. The van der Waals surface area contributed by atoms with E-state index in [9.17, 15) is 14.4 Å². The number of benzene rings is 1. The first-order valence-electron chi connectivity index (χ1n) is 10.1. The highest BCUT2D eigenvalue weighted by molar-refractivity contribution is 6.30. The Morgan fingerprint density at radius 2 is 1.89 bits per heavy atom. The van der Waals surface area contributed by atoms with Crippen LogP contribution in [0.5, 0.6) is 0 Å². The van der Waals surface area contributed by atoms with E-state index in [1.165, 1.54) is 4.90 Å². The van der Waals surface area contributed by atoms with Crippen molar-refractivity contribution in [3.8, 4) is 0 Å². The van der Waals surface area contributed by atoms with Crippen LogP contribution in [-0.4, -0.2) is 45.8 Å². The number of nitrogens with zero attached hydrogens (tertiary/aromatic N) is 2. The first-order chi connectivity index (χ1) is 13.4. The summed E-state index contributed by atoms with van der Waals surface area (Å²) in [4.78, 5) is 41.2. The Labute approximate surface area is 170 Å². The summed E-state index contributed by atoms with van der Waals surface area (Å²) in [7, 11) is 0. The lowest BCUT2D eigenvalue weighted by atomic mass is 9.98. The molecule has 3 fully saturated rings. The van der Waals surface area contributed by atoms with Crippen LogP contribution in [-0.2, 0) is 9.59 Å². The van der Waals surface area contributed by atoms with Gasteiger partial charge < -0.3 is 10.2 Å². The number of carbonyl (C=O) groups is 3. The number of nitrogens with one attached hydrogen (secondary N) is 1. The monoisotopic (exact) mass is 403 g/mol. The molecule has 1 aromatic rings. The van der Waals surface area contributed by atoms with Crippen molar-refractivity contribution in [2.75, 3.05) is 6.54 Å². The molecule has 1 aromatic carbocycles. The Hall–Kier alpha value is -2.08. The summed E-state index contributed by atoms with van der Waals surface area (Å²) in [6.45, 7) is 2.16. The molecule has 1 spiro atoms. The molecule has 1 aliphatic heterocycles. The average Bonchev–Trinajstić information content (AvgIpc) is 3.33. The number of rotatable bonds is 6. The fraction of sp³-hybridized carbons (Fsp3) is 0.571. The fourth-order valence-electron chi connectivity index (χ4n) is 4.52. The second kappa shape index (κ2) is 7.39. The first-order valence-corrected chi connectivity index (χ1v) is 10.5. The van der Waals surface area contributed by atoms with Crippen LogP contribution in [0, 0.1) is 0 Å². The van der Waals surface area contributed by atoms with Gasteiger partial charge in [0.1, 0.15) is 5.54 Å². The number of amides is 4. The third-order valence-electron chi connectivity index (χ3n) is 6.25. The molecule has 1 atom stereocenters. The molecule has 1 saturated heterocycles. The maximum absolute atomic E-state index is 13.0. The summed E-state index contributed by atoms with van der Waals surface area (Å²) in [5.74, 6) is -0.176. The molecule has 6 nitrogen and oxygen atoms in total. The Morgan fingerprint density at radius 3 is 2.50 bits per heavy atom. The zero-order valence-electron chi connectivity index (χ0n) is 16.1. The van der Waals surface area contributed by atoms with Crippen LogP contribution in [0.4, 0.5) is 4.79 Å². The molecule has 0 aromatic heterocycles. The fourth-order valence-corrected chi connectivity index (χ4v) is 4.65. The van der Waals surface area contributed by atoms with Gasteiger partial charge in [-0.05, 0) is 50.3 Å². The molecule has 1 unspecified atom stereocenters. The van der Waals surface area contributed by atoms with Crippen molar-refractivity contribution in [1.29, 1.82) is 0 Å². The van der Waals surface area contributed by atoms with Gasteiger partial charge in [0.2, 0.25) is 5.91 Å². The van der Waals surface area contributed by atoms with Crippen LogP contribution < -0.4 is 5.32 Å². The van der Waals surface area contributed by atoms with Crippen molar-refractivity contribution < 1.29 is 14.4 Å². The van der Waals surface area contributed by atoms with Crippen molar-refractivity contribution >= 4 is 29.4 Å². The minimum atomic E-state index is -0.715. The zero-order valence-corrected chi connectivity index (χ0v) is 16.9. The molecule has 2 aliphatic carbocycles. The first kappa shape index (κ1) is 19.2. The lowest BCUT2D eigenvalue weighted by molar-refractivity contribution is -0.135. The highest BCUT2D eigenvalue weighted by Crippen LogP contribution is 2.37. The van der Waals surface area contributed by atoms with E-state index >= 15 is 0 Å². The highest BCUT2D eigenvalue weighted by atomic mass is 35.5. The van der Waals surface area contributed by atoms with E-state index in [1.54, 1.807) is 0 Å². The van der Waals surface area contributed by atoms with Gasteiger partial charge in [-0.15, -0.1) is 0 Å². The number of halogens is 1. The maximum atomic E-state index is 13.0. The van der Waals surface area contributed by atoms with E-state index in [1.807, 2.05) is 36.1 Å². The van der Waals surface area contributed by atoms with Gasteiger partial charge in [0.25, 0.3) is 5.91 Å². The smallest absolute Gasteiger partial charge is 0.325 e. The summed E-state index contributed by atoms with van der Waals surface area (Å²) < 4.78 is 0. The number of imide groups is 1. The van der Waals surface area contributed by atoms with Gasteiger partial charge in [-0.3, -0.25) is 14.5 Å². The van der Waals surface area contributed by atoms with Gasteiger partial charge in [0.15, 0.2) is 0 Å². The Kier molecular flexibility index (Phi) is 5.08. The van der Waals surface area contributed by atoms with E-state index < -0.39 is 5.54 Å². The van der Waals surface area contributed by atoms with E-state index in [4.69, 9.17) is 11.6 Å². The van der Waals surface area contributed by atoms with Crippen LogP contribution in [0.3, 0.4) is 0 Å². The second-order valence-electron chi connectivity index (χ2n) is 8.19. The van der Waals surface area contributed by atoms with E-state index in [0.29, 0.717) is 17.9 Å². The number of carbonyl (C=O) groups excluding carboxylic acids is 3. The van der Waals surface area contributed by atoms with Gasteiger partial charge in [0.05, 0.1) is 6.04 Å². The molecule has 4 amide bonds. The molecule has 0 radical (unpaired) electrons. The minimum absolute atomic E-state index is 0.0158. The Bertz CT molecular complexity index is 785. The molecule has 0 bridgehead atoms. The zero-order chi connectivity index (χ0) is 19.9. The molecule has 2 saturated carbocycles. The normalized spacial score (nSPS) is 21.9. The Morgan fingerprint density at radius 1 is 1.25 bits per heavy atom. The van der Waals surface area contributed by atoms with E-state index in [0.717, 1.165) is 31.2 Å². The molecule has 28 heavy (non-hydrogen) atoms. The third-order valence-corrected chi connectivity index (χ3v) is 6.50. The molecule has 1 heterocycles. The van der Waals surface area contributed by atoms with Crippen LogP contribution in [0.1, 0.15) is 63.5 Å². The van der Waals surface area contributed by atoms with Gasteiger partial charge in [-0.25, -0.2) is 4.79 Å². The standard InChI is InChI=1S/C21H26ClN3O3/c1-14(15-4-6-16(22)7-5-15)25(17-8-9-17)18(26)10-13-24-19(27)21(23-20(24)28)11-2-3-12-21/h4-7,14,17H,2-3,8-13H2,1H3,(H,23,28). The van der Waals surface area contributed by atoms with Crippen molar-refractivity contribution in [2.45, 2.75) is 69.5 Å². The van der Waals surface area contributed by atoms with Gasteiger partial charge in [0, 0.05) is 24.0 Å². The van der Waals surface area contributed by atoms with Crippen LogP contribution in [0.25, 0.3) is 0 Å². The molecular formula is C21H26ClN3O3. The third kappa shape index (κ3) is 3.50. The minimum Gasteiger partial charge on any atom is -0.333 e. The molecule has 4 rings (SSSR count). The quantitative estimate of drug-likeness (QED) is 0.737. The van der Waals surface area contributed by atoms with Crippen molar-refractivity contribution in [3.05, 3.63) is 34.9 Å². The number of hydrogen-bond acceptors (Lipinski definition) is 3. The molecule has 7 heteroatoms. The van der Waals surface area contributed by atoms with Gasteiger partial charge >= 0.3 is 6.03 Å². The molecular weight excluding hydrogens is 378 g/mol. The number of hydrogen-bond donors (Lipinski definition) is 1. The van der Waals surface area contributed by atoms with E-state index in [-0.39, 0.29) is 42.9 Å². The average molecular weight is 404 g/mol. The van der Waals surface area contributed by atoms with Crippen LogP contribution >= 0.6 is 11.6 Å². The van der Waals surface area contributed by atoms with Gasteiger partial charge in [-0.1, -0.05) is 36.6 Å². The lowest BCUT2D eigenvalue weighted by Crippen LogP contribution is -2.44. The molecule has 1 N–H and O–H groups in total. The van der Waals surface area contributed by atoms with Crippen molar-refractivity contribution in [2.24, 2.45) is 0 Å². The summed E-state index contributed by atoms with van der Waals surface area (Å²) in [5.41, 5.74) is 0.317. The predicted molar refractivity (Wildman–Crippen MR) is 106 cm³/mol. The van der Waals surface area contributed by atoms with Crippen molar-refractivity contribution in [3.63, 3.8) is 0 Å². The van der Waals surface area contributed by atoms with Crippen LogP contribution in [0.2, 0.25) is 5.02 Å². The Balaban J connectivity index is 1.42. The van der Waals surface area contributed by atoms with Gasteiger partial charge in [-0.2, -0.15) is 0 Å². The topological polar surface area (TPSA) is 69.7 Å². The summed E-state index contributed by atoms with van der Waals surface area (Å²) >= 11 is 5.98. The highest BCUT2D eigenvalue weighted by Gasteiger charge is 2.52. The largest absolute Gasteiger partial charge is 0.333 e. The SMILES string of the molecule is CC(c1ccc(Cl)cc1)N(C(=O)CCN1C(=O)NC2(CCCC2)C1=O)C1CC1. The van der Waals surface area contributed by atoms with Crippen LogP contribution in [0.15, 0.2) is 24.3 Å². The summed E-state index contributed by atoms with van der Waals surface area (Å²) in [5, 5.41) is 3.54. The molecule has 3 aliphatic rings. The lowest BCUT2D eigenvalue weighted by Gasteiger charge is -2.30. The second-order valence-corrected chi connectivity index (χ2v) is 8.62. The number of urea groups is 1. The summed E-state index contributed by atoms with van der Waals surface area (Å²) in [6.07, 6.45) is 5.45. The maximum Gasteiger partial charge on any atom is 0.325 e. The van der Waals surface area contributed by atoms with E-state index in [2.05, 4.69) is 5.32 Å².